The first-order chi connectivity index (χ1) is 8.25. The van der Waals surface area contributed by atoms with Gasteiger partial charge in [-0.05, 0) is 35.2 Å². The van der Waals surface area contributed by atoms with Crippen LogP contribution in [0.4, 0.5) is 0 Å². The molecule has 1 N–H and O–H groups in total. The fourth-order valence-electron chi connectivity index (χ4n) is 2.63. The minimum Gasteiger partial charge on any atom is -0.388 e. The Labute approximate surface area is 106 Å². The van der Waals surface area contributed by atoms with Crippen molar-refractivity contribution < 1.29 is 5.11 Å². The predicted molar refractivity (Wildman–Crippen MR) is 69.3 cm³/mol. The molecule has 1 aliphatic carbocycles. The molecule has 0 aromatic heterocycles. The maximum Gasteiger partial charge on any atom is 0.0802 e. The maximum absolute atomic E-state index is 10.1. The zero-order chi connectivity index (χ0) is 11.8. The number of halogens is 1. The van der Waals surface area contributed by atoms with Crippen molar-refractivity contribution in [3.63, 3.8) is 0 Å². The van der Waals surface area contributed by atoms with Gasteiger partial charge < -0.3 is 5.11 Å². The summed E-state index contributed by atoms with van der Waals surface area (Å²) in [6.45, 7) is 0. The van der Waals surface area contributed by atoms with Gasteiger partial charge in [0.2, 0.25) is 0 Å². The Morgan fingerprint density at radius 2 is 1.76 bits per heavy atom. The summed E-state index contributed by atoms with van der Waals surface area (Å²) in [6.07, 6.45) is 0.382. The van der Waals surface area contributed by atoms with Gasteiger partial charge in [0.15, 0.2) is 0 Å². The van der Waals surface area contributed by atoms with Crippen molar-refractivity contribution in [3.8, 4) is 0 Å². The normalized spacial score (nSPS) is 22.5. The van der Waals surface area contributed by atoms with E-state index in [0.29, 0.717) is 0 Å². The molecule has 0 fully saturated rings. The summed E-state index contributed by atoms with van der Waals surface area (Å²) in [4.78, 5) is 0. The topological polar surface area (TPSA) is 20.2 Å². The summed E-state index contributed by atoms with van der Waals surface area (Å²) in [5.41, 5.74) is 3.42. The van der Waals surface area contributed by atoms with E-state index in [0.717, 1.165) is 22.6 Å². The van der Waals surface area contributed by atoms with Crippen molar-refractivity contribution in [2.45, 2.75) is 18.4 Å². The van der Waals surface area contributed by atoms with Crippen molar-refractivity contribution in [3.05, 3.63) is 70.2 Å². The molecule has 1 nitrogen and oxygen atoms in total. The number of benzene rings is 2. The monoisotopic (exact) mass is 244 g/mol. The molecule has 0 unspecified atom stereocenters. The summed E-state index contributed by atoms with van der Waals surface area (Å²) < 4.78 is 0. The van der Waals surface area contributed by atoms with Gasteiger partial charge in [-0.3, -0.25) is 0 Å². The van der Waals surface area contributed by atoms with Crippen LogP contribution in [0.25, 0.3) is 0 Å². The van der Waals surface area contributed by atoms with E-state index in [1.54, 1.807) is 0 Å². The van der Waals surface area contributed by atoms with E-state index in [-0.39, 0.29) is 12.0 Å². The van der Waals surface area contributed by atoms with Gasteiger partial charge in [-0.25, -0.2) is 0 Å². The Bertz CT molecular complexity index is 536. The molecule has 1 aliphatic rings. The highest BCUT2D eigenvalue weighted by molar-refractivity contribution is 6.30. The lowest BCUT2D eigenvalue weighted by Gasteiger charge is -2.11. The number of aliphatic hydroxyl groups excluding tert-OH is 1. The third kappa shape index (κ3) is 1.86. The third-order valence-corrected chi connectivity index (χ3v) is 3.68. The lowest BCUT2D eigenvalue weighted by atomic mass is 9.93. The van der Waals surface area contributed by atoms with E-state index in [1.807, 2.05) is 36.4 Å². The lowest BCUT2D eigenvalue weighted by Crippen LogP contribution is -1.95. The van der Waals surface area contributed by atoms with Gasteiger partial charge in [-0.2, -0.15) is 0 Å². The van der Waals surface area contributed by atoms with Crippen LogP contribution in [0.1, 0.15) is 35.1 Å². The largest absolute Gasteiger partial charge is 0.388 e. The molecule has 0 saturated carbocycles. The molecule has 17 heavy (non-hydrogen) atoms. The predicted octanol–water partition coefficient (Wildman–Crippen LogP) is 3.91. The van der Waals surface area contributed by atoms with Crippen LogP contribution >= 0.6 is 11.6 Å². The van der Waals surface area contributed by atoms with Crippen molar-refractivity contribution >= 4 is 11.6 Å². The number of rotatable bonds is 1. The van der Waals surface area contributed by atoms with E-state index in [4.69, 9.17) is 11.6 Å². The highest BCUT2D eigenvalue weighted by Crippen LogP contribution is 2.44. The Morgan fingerprint density at radius 1 is 1.00 bits per heavy atom. The van der Waals surface area contributed by atoms with Gasteiger partial charge in [-0.1, -0.05) is 48.0 Å². The minimum atomic E-state index is -0.368. The molecule has 3 rings (SSSR count). The molecule has 0 spiro atoms. The molecule has 86 valence electrons. The maximum atomic E-state index is 10.1. The number of aliphatic hydroxyl groups is 1. The second kappa shape index (κ2) is 4.17. The van der Waals surface area contributed by atoms with Gasteiger partial charge in [0.25, 0.3) is 0 Å². The van der Waals surface area contributed by atoms with Crippen LogP contribution in [0.3, 0.4) is 0 Å². The van der Waals surface area contributed by atoms with Crippen molar-refractivity contribution in [1.82, 2.24) is 0 Å². The average Bonchev–Trinajstić information content (AvgIpc) is 2.67. The quantitative estimate of drug-likeness (QED) is 0.807. The van der Waals surface area contributed by atoms with Crippen LogP contribution in [0.15, 0.2) is 48.5 Å². The first-order valence-corrected chi connectivity index (χ1v) is 6.16. The summed E-state index contributed by atoms with van der Waals surface area (Å²) in [6, 6.07) is 16.0. The molecule has 0 amide bonds. The van der Waals surface area contributed by atoms with Gasteiger partial charge in [0, 0.05) is 10.9 Å². The zero-order valence-corrected chi connectivity index (χ0v) is 10.1. The second-order valence-corrected chi connectivity index (χ2v) is 4.92. The van der Waals surface area contributed by atoms with E-state index in [9.17, 15) is 5.11 Å². The Hall–Kier alpha value is -1.31. The first-order valence-electron chi connectivity index (χ1n) is 5.78. The number of hydrogen-bond acceptors (Lipinski definition) is 1. The van der Waals surface area contributed by atoms with E-state index in [1.165, 1.54) is 5.56 Å². The van der Waals surface area contributed by atoms with Crippen molar-refractivity contribution in [2.24, 2.45) is 0 Å². The van der Waals surface area contributed by atoms with E-state index in [2.05, 4.69) is 12.1 Å². The Morgan fingerprint density at radius 3 is 2.53 bits per heavy atom. The van der Waals surface area contributed by atoms with Crippen LogP contribution in [-0.4, -0.2) is 5.11 Å². The van der Waals surface area contributed by atoms with Crippen LogP contribution < -0.4 is 0 Å². The lowest BCUT2D eigenvalue weighted by molar-refractivity contribution is 0.176. The van der Waals surface area contributed by atoms with Crippen LogP contribution in [0, 0.1) is 0 Å². The fraction of sp³-hybridized carbons (Fsp3) is 0.200. The molecule has 2 aromatic carbocycles. The zero-order valence-electron chi connectivity index (χ0n) is 9.31. The van der Waals surface area contributed by atoms with Crippen molar-refractivity contribution in [1.29, 1.82) is 0 Å². The number of hydrogen-bond donors (Lipinski definition) is 1. The van der Waals surface area contributed by atoms with Crippen LogP contribution in [0.2, 0.25) is 5.02 Å². The first kappa shape index (κ1) is 10.8. The Kier molecular flexibility index (Phi) is 2.65. The van der Waals surface area contributed by atoms with Gasteiger partial charge in [0.1, 0.15) is 0 Å². The summed E-state index contributed by atoms with van der Waals surface area (Å²) in [5.74, 6) is 0.264. The van der Waals surface area contributed by atoms with Crippen LogP contribution in [-0.2, 0) is 0 Å². The van der Waals surface area contributed by atoms with Crippen molar-refractivity contribution in [2.75, 3.05) is 0 Å². The standard InChI is InChI=1S/C15H13ClO/c16-11-6-7-12-14(8-11)13(9-15(12)17)10-4-2-1-3-5-10/h1-8,13,15,17H,9H2/t13-,15-/m1/s1. The average molecular weight is 245 g/mol. The molecule has 0 aliphatic heterocycles. The molecule has 0 radical (unpaired) electrons. The molecule has 0 bridgehead atoms. The smallest absolute Gasteiger partial charge is 0.0802 e. The summed E-state index contributed by atoms with van der Waals surface area (Å²) >= 11 is 6.04. The molecule has 2 heteroatoms. The van der Waals surface area contributed by atoms with E-state index < -0.39 is 0 Å². The van der Waals surface area contributed by atoms with E-state index >= 15 is 0 Å². The third-order valence-electron chi connectivity index (χ3n) is 3.44. The fourth-order valence-corrected chi connectivity index (χ4v) is 2.81. The minimum absolute atomic E-state index is 0.264. The second-order valence-electron chi connectivity index (χ2n) is 4.49. The summed E-state index contributed by atoms with van der Waals surface area (Å²) in [7, 11) is 0. The highest BCUT2D eigenvalue weighted by atomic mass is 35.5. The molecular formula is C15H13ClO. The highest BCUT2D eigenvalue weighted by Gasteiger charge is 2.30. The number of fused-ring (bicyclic) bond motifs is 1. The van der Waals surface area contributed by atoms with Crippen LogP contribution in [0.5, 0.6) is 0 Å². The molecule has 2 atom stereocenters. The molecular weight excluding hydrogens is 232 g/mol. The van der Waals surface area contributed by atoms with Gasteiger partial charge in [0.05, 0.1) is 6.10 Å². The molecule has 2 aromatic rings. The SMILES string of the molecule is O[C@@H]1C[C@H](c2ccccc2)c2cc(Cl)ccc21. The summed E-state index contributed by atoms with van der Waals surface area (Å²) in [5, 5.41) is 10.8. The molecule has 0 saturated heterocycles. The molecule has 0 heterocycles. The van der Waals surface area contributed by atoms with Gasteiger partial charge in [-0.15, -0.1) is 0 Å². The van der Waals surface area contributed by atoms with Gasteiger partial charge >= 0.3 is 0 Å². The Balaban J connectivity index is 2.09.